The van der Waals surface area contributed by atoms with Gasteiger partial charge in [0.2, 0.25) is 17.8 Å². The average Bonchev–Trinajstić information content (AvgIpc) is 3.17. The molecule has 2 aliphatic heterocycles. The van der Waals surface area contributed by atoms with Crippen LogP contribution in [-0.4, -0.2) is 54.8 Å². The molecule has 7 heteroatoms. The fourth-order valence-corrected chi connectivity index (χ4v) is 2.59. The lowest BCUT2D eigenvalue weighted by molar-refractivity contribution is 0.187. The molecule has 0 spiro atoms. The zero-order valence-corrected chi connectivity index (χ0v) is 11.9. The van der Waals surface area contributed by atoms with Crippen LogP contribution < -0.4 is 15.5 Å². The highest BCUT2D eigenvalue weighted by Crippen LogP contribution is 2.19. The van der Waals surface area contributed by atoms with E-state index in [0.717, 1.165) is 45.2 Å². The summed E-state index contributed by atoms with van der Waals surface area (Å²) in [5.41, 5.74) is 0. The normalized spacial score (nSPS) is 22.2. The molecular weight excluding hydrogens is 256 g/mol. The molecule has 2 fully saturated rings. The van der Waals surface area contributed by atoms with E-state index in [0.29, 0.717) is 17.8 Å². The van der Waals surface area contributed by atoms with Crippen molar-refractivity contribution >= 4 is 17.8 Å². The van der Waals surface area contributed by atoms with Gasteiger partial charge in [-0.25, -0.2) is 0 Å². The SMILES string of the molecule is CNc1nc(NCC2CCOC2)nc(N2CCCC2)n1. The molecule has 1 atom stereocenters. The van der Waals surface area contributed by atoms with Gasteiger partial charge in [0.05, 0.1) is 6.61 Å². The third kappa shape index (κ3) is 3.09. The summed E-state index contributed by atoms with van der Waals surface area (Å²) in [7, 11) is 1.83. The maximum Gasteiger partial charge on any atom is 0.231 e. The second kappa shape index (κ2) is 6.21. The molecule has 1 unspecified atom stereocenters. The minimum absolute atomic E-state index is 0.556. The lowest BCUT2D eigenvalue weighted by Crippen LogP contribution is -2.23. The van der Waals surface area contributed by atoms with Gasteiger partial charge in [0.1, 0.15) is 0 Å². The lowest BCUT2D eigenvalue weighted by atomic mass is 10.1. The van der Waals surface area contributed by atoms with Gasteiger partial charge in [-0.15, -0.1) is 0 Å². The van der Waals surface area contributed by atoms with Crippen molar-refractivity contribution in [2.45, 2.75) is 19.3 Å². The lowest BCUT2D eigenvalue weighted by Gasteiger charge is -2.17. The Balaban J connectivity index is 1.69. The molecule has 3 rings (SSSR count). The Morgan fingerprint density at radius 3 is 2.70 bits per heavy atom. The fraction of sp³-hybridized carbons (Fsp3) is 0.769. The predicted molar refractivity (Wildman–Crippen MR) is 78.2 cm³/mol. The molecule has 0 bridgehead atoms. The van der Waals surface area contributed by atoms with Gasteiger partial charge < -0.3 is 20.3 Å². The van der Waals surface area contributed by atoms with Gasteiger partial charge in [0.25, 0.3) is 0 Å². The summed E-state index contributed by atoms with van der Waals surface area (Å²) in [5, 5.41) is 6.32. The molecule has 7 nitrogen and oxygen atoms in total. The van der Waals surface area contributed by atoms with Crippen molar-refractivity contribution in [2.24, 2.45) is 5.92 Å². The Morgan fingerprint density at radius 2 is 2.00 bits per heavy atom. The van der Waals surface area contributed by atoms with Gasteiger partial charge in [0.15, 0.2) is 0 Å². The van der Waals surface area contributed by atoms with E-state index in [2.05, 4.69) is 30.5 Å². The predicted octanol–water partition coefficient (Wildman–Crippen LogP) is 0.962. The molecule has 2 aliphatic rings. The van der Waals surface area contributed by atoms with Crippen LogP contribution in [0.1, 0.15) is 19.3 Å². The highest BCUT2D eigenvalue weighted by molar-refractivity contribution is 5.44. The molecule has 0 amide bonds. The zero-order chi connectivity index (χ0) is 13.8. The van der Waals surface area contributed by atoms with Crippen LogP contribution in [0.15, 0.2) is 0 Å². The van der Waals surface area contributed by atoms with Crippen LogP contribution in [0, 0.1) is 5.92 Å². The quantitative estimate of drug-likeness (QED) is 0.831. The standard InChI is InChI=1S/C13H22N6O/c1-14-11-16-12(15-8-10-4-7-20-9-10)18-13(17-11)19-5-2-3-6-19/h10H,2-9H2,1H3,(H2,14,15,16,17,18). The number of hydrogen-bond acceptors (Lipinski definition) is 7. The van der Waals surface area contributed by atoms with Crippen molar-refractivity contribution < 1.29 is 4.74 Å². The summed E-state index contributed by atoms with van der Waals surface area (Å²) in [4.78, 5) is 15.6. The van der Waals surface area contributed by atoms with Crippen LogP contribution in [-0.2, 0) is 4.74 Å². The maximum absolute atomic E-state index is 5.38. The molecule has 2 N–H and O–H groups in total. The summed E-state index contributed by atoms with van der Waals surface area (Å²) in [6.07, 6.45) is 3.53. The minimum Gasteiger partial charge on any atom is -0.381 e. The summed E-state index contributed by atoms with van der Waals surface area (Å²) in [6, 6.07) is 0. The summed E-state index contributed by atoms with van der Waals surface area (Å²) in [5.74, 6) is 2.59. The molecule has 0 saturated carbocycles. The molecular formula is C13H22N6O. The van der Waals surface area contributed by atoms with Gasteiger partial charge in [-0.05, 0) is 19.3 Å². The molecule has 0 aliphatic carbocycles. The first-order valence-electron chi connectivity index (χ1n) is 7.35. The Kier molecular flexibility index (Phi) is 4.15. The third-order valence-electron chi connectivity index (χ3n) is 3.81. The van der Waals surface area contributed by atoms with E-state index < -0.39 is 0 Å². The highest BCUT2D eigenvalue weighted by atomic mass is 16.5. The first-order chi connectivity index (χ1) is 9.85. The average molecular weight is 278 g/mol. The van der Waals surface area contributed by atoms with Gasteiger partial charge in [0, 0.05) is 39.2 Å². The van der Waals surface area contributed by atoms with Crippen molar-refractivity contribution in [1.29, 1.82) is 0 Å². The second-order valence-electron chi connectivity index (χ2n) is 5.34. The van der Waals surface area contributed by atoms with Crippen LogP contribution >= 0.6 is 0 Å². The van der Waals surface area contributed by atoms with Crippen LogP contribution in [0.5, 0.6) is 0 Å². The molecule has 1 aromatic heterocycles. The number of rotatable bonds is 5. The van der Waals surface area contributed by atoms with Gasteiger partial charge in [-0.2, -0.15) is 15.0 Å². The van der Waals surface area contributed by atoms with E-state index in [-0.39, 0.29) is 0 Å². The van der Waals surface area contributed by atoms with E-state index in [1.807, 2.05) is 7.05 Å². The zero-order valence-electron chi connectivity index (χ0n) is 11.9. The molecule has 3 heterocycles. The summed E-state index contributed by atoms with van der Waals surface area (Å²) in [6.45, 7) is 4.61. The van der Waals surface area contributed by atoms with Crippen LogP contribution in [0.2, 0.25) is 0 Å². The molecule has 2 saturated heterocycles. The summed E-state index contributed by atoms with van der Waals surface area (Å²) >= 11 is 0. The van der Waals surface area contributed by atoms with E-state index in [1.165, 1.54) is 12.8 Å². The van der Waals surface area contributed by atoms with Crippen LogP contribution in [0.4, 0.5) is 17.8 Å². The van der Waals surface area contributed by atoms with Crippen molar-refractivity contribution in [3.63, 3.8) is 0 Å². The Hall–Kier alpha value is -1.63. The number of anilines is 3. The minimum atomic E-state index is 0.556. The Labute approximate surface area is 119 Å². The monoisotopic (exact) mass is 278 g/mol. The van der Waals surface area contributed by atoms with Gasteiger partial charge in [-0.1, -0.05) is 0 Å². The van der Waals surface area contributed by atoms with Gasteiger partial charge >= 0.3 is 0 Å². The Bertz CT molecular complexity index is 442. The van der Waals surface area contributed by atoms with Crippen molar-refractivity contribution in [3.8, 4) is 0 Å². The first-order valence-corrected chi connectivity index (χ1v) is 7.35. The third-order valence-corrected chi connectivity index (χ3v) is 3.81. The van der Waals surface area contributed by atoms with E-state index in [1.54, 1.807) is 0 Å². The van der Waals surface area contributed by atoms with Crippen molar-refractivity contribution in [2.75, 3.05) is 55.4 Å². The van der Waals surface area contributed by atoms with Crippen molar-refractivity contribution in [1.82, 2.24) is 15.0 Å². The van der Waals surface area contributed by atoms with E-state index in [9.17, 15) is 0 Å². The number of aromatic nitrogens is 3. The van der Waals surface area contributed by atoms with Crippen LogP contribution in [0.3, 0.4) is 0 Å². The Morgan fingerprint density at radius 1 is 1.20 bits per heavy atom. The largest absolute Gasteiger partial charge is 0.381 e. The second-order valence-corrected chi connectivity index (χ2v) is 5.34. The fourth-order valence-electron chi connectivity index (χ4n) is 2.59. The van der Waals surface area contributed by atoms with Gasteiger partial charge in [-0.3, -0.25) is 0 Å². The van der Waals surface area contributed by atoms with E-state index >= 15 is 0 Å². The first kappa shape index (κ1) is 13.4. The van der Waals surface area contributed by atoms with E-state index in [4.69, 9.17) is 4.74 Å². The van der Waals surface area contributed by atoms with Crippen molar-refractivity contribution in [3.05, 3.63) is 0 Å². The van der Waals surface area contributed by atoms with Crippen LogP contribution in [0.25, 0.3) is 0 Å². The number of nitrogens with zero attached hydrogens (tertiary/aromatic N) is 4. The summed E-state index contributed by atoms with van der Waals surface area (Å²) < 4.78 is 5.38. The maximum atomic E-state index is 5.38. The number of hydrogen-bond donors (Lipinski definition) is 2. The highest BCUT2D eigenvalue weighted by Gasteiger charge is 2.19. The molecule has 110 valence electrons. The smallest absolute Gasteiger partial charge is 0.231 e. The molecule has 20 heavy (non-hydrogen) atoms. The number of nitrogens with one attached hydrogen (secondary N) is 2. The number of ether oxygens (including phenoxy) is 1. The topological polar surface area (TPSA) is 75.2 Å². The molecule has 1 aromatic rings. The molecule has 0 aromatic carbocycles. The molecule has 0 radical (unpaired) electrons.